The van der Waals surface area contributed by atoms with E-state index in [0.29, 0.717) is 10.7 Å². The van der Waals surface area contributed by atoms with Crippen LogP contribution in [0.1, 0.15) is 11.1 Å². The lowest BCUT2D eigenvalue weighted by atomic mass is 10.2. The van der Waals surface area contributed by atoms with Crippen molar-refractivity contribution in [3.8, 4) is 5.75 Å². The van der Waals surface area contributed by atoms with Crippen LogP contribution in [0.25, 0.3) is 0 Å². The molecule has 0 atom stereocenters. The van der Waals surface area contributed by atoms with E-state index >= 15 is 0 Å². The largest absolute Gasteiger partial charge is 0.484 e. The maximum atomic E-state index is 11.8. The second-order valence-corrected chi connectivity index (χ2v) is 4.98. The van der Waals surface area contributed by atoms with Gasteiger partial charge in [0.2, 0.25) is 0 Å². The molecule has 3 N–H and O–H groups in total. The van der Waals surface area contributed by atoms with Crippen LogP contribution in [0.2, 0.25) is 0 Å². The number of carbonyl (C=O) groups excluding carboxylic acids is 1. The van der Waals surface area contributed by atoms with Crippen molar-refractivity contribution in [2.75, 3.05) is 11.9 Å². The van der Waals surface area contributed by atoms with Gasteiger partial charge in [-0.1, -0.05) is 30.4 Å². The van der Waals surface area contributed by atoms with Gasteiger partial charge in [0.15, 0.2) is 6.61 Å². The van der Waals surface area contributed by atoms with E-state index in [4.69, 9.17) is 22.7 Å². The number of para-hydroxylation sites is 1. The van der Waals surface area contributed by atoms with Gasteiger partial charge in [-0.2, -0.15) is 0 Å². The zero-order valence-corrected chi connectivity index (χ0v) is 12.4. The van der Waals surface area contributed by atoms with Gasteiger partial charge in [0.1, 0.15) is 10.7 Å². The van der Waals surface area contributed by atoms with Crippen LogP contribution in [-0.2, 0) is 4.79 Å². The zero-order valence-electron chi connectivity index (χ0n) is 11.6. The highest BCUT2D eigenvalue weighted by Crippen LogP contribution is 2.14. The van der Waals surface area contributed by atoms with Gasteiger partial charge < -0.3 is 15.8 Å². The lowest BCUT2D eigenvalue weighted by molar-refractivity contribution is -0.118. The van der Waals surface area contributed by atoms with Crippen LogP contribution in [0.5, 0.6) is 5.75 Å². The summed E-state index contributed by atoms with van der Waals surface area (Å²) in [5, 5.41) is 2.81. The Balaban J connectivity index is 1.89. The fourth-order valence-corrected chi connectivity index (χ4v) is 1.90. The van der Waals surface area contributed by atoms with Gasteiger partial charge in [-0.3, -0.25) is 4.79 Å². The SMILES string of the molecule is Cc1ccccc1NC(=O)COc1ccc(C(N)=S)cc1. The van der Waals surface area contributed by atoms with Crippen molar-refractivity contribution in [3.63, 3.8) is 0 Å². The molecule has 2 aromatic rings. The summed E-state index contributed by atoms with van der Waals surface area (Å²) >= 11 is 4.87. The topological polar surface area (TPSA) is 64.3 Å². The van der Waals surface area contributed by atoms with Crippen LogP contribution >= 0.6 is 12.2 Å². The Hall–Kier alpha value is -2.40. The molecular weight excluding hydrogens is 284 g/mol. The summed E-state index contributed by atoms with van der Waals surface area (Å²) in [4.78, 5) is 12.2. The van der Waals surface area contributed by atoms with Crippen LogP contribution < -0.4 is 15.8 Å². The molecule has 0 radical (unpaired) electrons. The molecular formula is C16H16N2O2S. The molecule has 2 aromatic carbocycles. The van der Waals surface area contributed by atoms with Gasteiger partial charge in [0.05, 0.1) is 0 Å². The number of nitrogens with one attached hydrogen (secondary N) is 1. The summed E-state index contributed by atoms with van der Waals surface area (Å²) in [7, 11) is 0. The number of aryl methyl sites for hydroxylation is 1. The standard InChI is InChI=1S/C16H16N2O2S/c1-11-4-2-3-5-14(11)18-15(19)10-20-13-8-6-12(7-9-13)16(17)21/h2-9H,10H2,1H3,(H2,17,21)(H,18,19). The smallest absolute Gasteiger partial charge is 0.262 e. The fourth-order valence-electron chi connectivity index (χ4n) is 1.76. The molecule has 108 valence electrons. The minimum absolute atomic E-state index is 0.0548. The van der Waals surface area contributed by atoms with Crippen molar-refractivity contribution >= 4 is 28.8 Å². The highest BCUT2D eigenvalue weighted by atomic mass is 32.1. The summed E-state index contributed by atoms with van der Waals surface area (Å²) in [6.07, 6.45) is 0. The molecule has 0 spiro atoms. The third-order valence-corrected chi connectivity index (χ3v) is 3.16. The monoisotopic (exact) mass is 300 g/mol. The van der Waals surface area contributed by atoms with Crippen molar-refractivity contribution < 1.29 is 9.53 Å². The predicted octanol–water partition coefficient (Wildman–Crippen LogP) is 2.65. The van der Waals surface area contributed by atoms with Crippen molar-refractivity contribution in [2.45, 2.75) is 6.92 Å². The molecule has 1 amide bonds. The van der Waals surface area contributed by atoms with Gasteiger partial charge >= 0.3 is 0 Å². The van der Waals surface area contributed by atoms with Crippen LogP contribution in [0.3, 0.4) is 0 Å². The maximum absolute atomic E-state index is 11.8. The first kappa shape index (κ1) is 15.0. The number of rotatable bonds is 5. The summed E-state index contributed by atoms with van der Waals surface area (Å²) in [6, 6.07) is 14.6. The first-order valence-corrected chi connectivity index (χ1v) is 6.85. The zero-order chi connectivity index (χ0) is 15.2. The number of ether oxygens (including phenoxy) is 1. The summed E-state index contributed by atoms with van der Waals surface area (Å²) in [5.74, 6) is 0.387. The van der Waals surface area contributed by atoms with Crippen molar-refractivity contribution in [3.05, 3.63) is 59.7 Å². The fraction of sp³-hybridized carbons (Fsp3) is 0.125. The average Bonchev–Trinajstić information content (AvgIpc) is 2.48. The molecule has 0 unspecified atom stereocenters. The molecule has 0 aromatic heterocycles. The summed E-state index contributed by atoms with van der Waals surface area (Å²) < 4.78 is 5.42. The Morgan fingerprint density at radius 1 is 1.19 bits per heavy atom. The number of thiocarbonyl (C=S) groups is 1. The van der Waals surface area contributed by atoms with E-state index in [1.54, 1.807) is 24.3 Å². The number of hydrogen-bond acceptors (Lipinski definition) is 3. The first-order valence-electron chi connectivity index (χ1n) is 6.44. The van der Waals surface area contributed by atoms with Crippen molar-refractivity contribution in [2.24, 2.45) is 5.73 Å². The first-order chi connectivity index (χ1) is 10.1. The van der Waals surface area contributed by atoms with E-state index in [2.05, 4.69) is 5.32 Å². The molecule has 0 saturated carbocycles. The predicted molar refractivity (Wildman–Crippen MR) is 87.6 cm³/mol. The van der Waals surface area contributed by atoms with Crippen LogP contribution in [0.4, 0.5) is 5.69 Å². The van der Waals surface area contributed by atoms with Crippen LogP contribution in [0, 0.1) is 6.92 Å². The molecule has 0 aliphatic rings. The molecule has 0 aliphatic carbocycles. The number of benzene rings is 2. The molecule has 4 nitrogen and oxygen atoms in total. The van der Waals surface area contributed by atoms with Gasteiger partial charge in [-0.15, -0.1) is 0 Å². The molecule has 0 aliphatic heterocycles. The Labute approximate surface area is 128 Å². The van der Waals surface area contributed by atoms with Crippen LogP contribution in [0.15, 0.2) is 48.5 Å². The minimum atomic E-state index is -0.206. The van der Waals surface area contributed by atoms with Gasteiger partial charge in [-0.25, -0.2) is 0 Å². The third-order valence-electron chi connectivity index (χ3n) is 2.93. The van der Waals surface area contributed by atoms with E-state index in [-0.39, 0.29) is 12.5 Å². The van der Waals surface area contributed by atoms with E-state index in [0.717, 1.165) is 16.8 Å². The van der Waals surface area contributed by atoms with E-state index in [1.807, 2.05) is 31.2 Å². The summed E-state index contributed by atoms with van der Waals surface area (Å²) in [6.45, 7) is 1.88. The molecule has 0 saturated heterocycles. The Morgan fingerprint density at radius 2 is 1.86 bits per heavy atom. The van der Waals surface area contributed by atoms with Gasteiger partial charge in [0, 0.05) is 11.3 Å². The Kier molecular flexibility index (Phi) is 4.90. The number of carbonyl (C=O) groups is 1. The lowest BCUT2D eigenvalue weighted by Gasteiger charge is -2.09. The van der Waals surface area contributed by atoms with E-state index < -0.39 is 0 Å². The second kappa shape index (κ2) is 6.85. The van der Waals surface area contributed by atoms with Gasteiger partial charge in [0.25, 0.3) is 5.91 Å². The normalized spacial score (nSPS) is 9.95. The molecule has 0 fully saturated rings. The summed E-state index contributed by atoms with van der Waals surface area (Å²) in [5.41, 5.74) is 8.07. The number of nitrogens with two attached hydrogens (primary N) is 1. The highest BCUT2D eigenvalue weighted by molar-refractivity contribution is 7.80. The molecule has 0 heterocycles. The highest BCUT2D eigenvalue weighted by Gasteiger charge is 2.05. The van der Waals surface area contributed by atoms with Crippen molar-refractivity contribution in [1.82, 2.24) is 0 Å². The minimum Gasteiger partial charge on any atom is -0.484 e. The van der Waals surface area contributed by atoms with E-state index in [9.17, 15) is 4.79 Å². The third kappa shape index (κ3) is 4.29. The average molecular weight is 300 g/mol. The van der Waals surface area contributed by atoms with Gasteiger partial charge in [-0.05, 0) is 42.8 Å². The number of amides is 1. The molecule has 0 bridgehead atoms. The lowest BCUT2D eigenvalue weighted by Crippen LogP contribution is -2.20. The number of anilines is 1. The maximum Gasteiger partial charge on any atom is 0.262 e. The molecule has 2 rings (SSSR count). The quantitative estimate of drug-likeness (QED) is 0.833. The van der Waals surface area contributed by atoms with Crippen LogP contribution in [-0.4, -0.2) is 17.5 Å². The molecule has 21 heavy (non-hydrogen) atoms. The van der Waals surface area contributed by atoms with Crippen molar-refractivity contribution in [1.29, 1.82) is 0 Å². The second-order valence-electron chi connectivity index (χ2n) is 4.54. The Bertz CT molecular complexity index is 654. The Morgan fingerprint density at radius 3 is 2.48 bits per heavy atom. The molecule has 5 heteroatoms. The van der Waals surface area contributed by atoms with E-state index in [1.165, 1.54) is 0 Å². The number of hydrogen-bond donors (Lipinski definition) is 2.